The van der Waals surface area contributed by atoms with Crippen LogP contribution in [0.3, 0.4) is 0 Å². The van der Waals surface area contributed by atoms with Crippen LogP contribution in [0, 0.1) is 0 Å². The Balaban J connectivity index is 2.41. The second-order valence-corrected chi connectivity index (χ2v) is 5.19. The topological polar surface area (TPSA) is 70.4 Å². The van der Waals surface area contributed by atoms with E-state index in [0.29, 0.717) is 11.6 Å². The summed E-state index contributed by atoms with van der Waals surface area (Å²) >= 11 is 1.46. The molecule has 0 aliphatic heterocycles. The fourth-order valence-corrected chi connectivity index (χ4v) is 2.14. The summed E-state index contributed by atoms with van der Waals surface area (Å²) in [5.74, 6) is 1.20. The first kappa shape index (κ1) is 13.8. The Hall–Kier alpha value is -1.66. The maximum absolute atomic E-state index is 8.93. The van der Waals surface area contributed by atoms with Crippen LogP contribution in [0.4, 0.5) is 5.82 Å². The van der Waals surface area contributed by atoms with Gasteiger partial charge in [-0.05, 0) is 26.0 Å². The predicted molar refractivity (Wildman–Crippen MR) is 79.8 cm³/mol. The third-order valence-electron chi connectivity index (χ3n) is 2.25. The summed E-state index contributed by atoms with van der Waals surface area (Å²) in [4.78, 5) is 9.07. The molecule has 0 aliphatic carbocycles. The largest absolute Gasteiger partial charge is 0.396 e. The van der Waals surface area contributed by atoms with Gasteiger partial charge in [-0.25, -0.2) is 9.97 Å². The molecule has 0 saturated carbocycles. The van der Waals surface area contributed by atoms with E-state index in [1.807, 2.05) is 38.1 Å². The molecule has 1 aromatic carbocycles. The fraction of sp³-hybridized carbons (Fsp3) is 0.308. The van der Waals surface area contributed by atoms with Gasteiger partial charge >= 0.3 is 0 Å². The molecular formula is C13H16N4OS. The Bertz CT molecular complexity index is 596. The molecule has 0 bridgehead atoms. The molecule has 6 heteroatoms. The number of para-hydroxylation sites is 2. The second kappa shape index (κ2) is 6.49. The van der Waals surface area contributed by atoms with Gasteiger partial charge in [-0.3, -0.25) is 5.43 Å². The van der Waals surface area contributed by atoms with Crippen LogP contribution < -0.4 is 5.43 Å². The van der Waals surface area contributed by atoms with Gasteiger partial charge in [0.2, 0.25) is 0 Å². The maximum atomic E-state index is 8.93. The van der Waals surface area contributed by atoms with E-state index < -0.39 is 0 Å². The van der Waals surface area contributed by atoms with Crippen molar-refractivity contribution in [1.29, 1.82) is 0 Å². The molecule has 2 rings (SSSR count). The van der Waals surface area contributed by atoms with E-state index >= 15 is 0 Å². The van der Waals surface area contributed by atoms with Crippen molar-refractivity contribution in [1.82, 2.24) is 9.97 Å². The highest BCUT2D eigenvalue weighted by Crippen LogP contribution is 2.25. The monoisotopic (exact) mass is 276 g/mol. The van der Waals surface area contributed by atoms with Crippen LogP contribution in [0.25, 0.3) is 11.0 Å². The molecular weight excluding hydrogens is 260 g/mol. The third kappa shape index (κ3) is 3.65. The molecule has 2 N–H and O–H groups in total. The van der Waals surface area contributed by atoms with Crippen LogP contribution in [0.15, 0.2) is 34.4 Å². The predicted octanol–water partition coefficient (Wildman–Crippen LogP) is 2.52. The zero-order valence-corrected chi connectivity index (χ0v) is 11.7. The van der Waals surface area contributed by atoms with Crippen LogP contribution >= 0.6 is 11.8 Å². The first-order valence-electron chi connectivity index (χ1n) is 5.98. The highest BCUT2D eigenvalue weighted by Gasteiger charge is 2.08. The lowest BCUT2D eigenvalue weighted by Gasteiger charge is -2.08. The number of aliphatic hydroxyl groups is 1. The number of hydrogen-bond acceptors (Lipinski definition) is 6. The van der Waals surface area contributed by atoms with Crippen LogP contribution in [-0.2, 0) is 0 Å². The molecule has 5 nitrogen and oxygen atoms in total. The summed E-state index contributed by atoms with van der Waals surface area (Å²) < 4.78 is 0. The van der Waals surface area contributed by atoms with Gasteiger partial charge in [0.05, 0.1) is 17.6 Å². The van der Waals surface area contributed by atoms with Crippen molar-refractivity contribution in [3.8, 4) is 0 Å². The molecule has 0 radical (unpaired) electrons. The molecule has 0 fully saturated rings. The van der Waals surface area contributed by atoms with E-state index in [0.717, 1.165) is 21.8 Å². The summed E-state index contributed by atoms with van der Waals surface area (Å²) in [5.41, 5.74) is 5.50. The zero-order chi connectivity index (χ0) is 13.7. The number of hydrogen-bond donors (Lipinski definition) is 2. The van der Waals surface area contributed by atoms with Crippen LogP contribution in [0.1, 0.15) is 13.8 Å². The summed E-state index contributed by atoms with van der Waals surface area (Å²) in [6, 6.07) is 7.69. The number of fused-ring (bicyclic) bond motifs is 1. The molecule has 0 spiro atoms. The maximum Gasteiger partial charge on any atom is 0.179 e. The highest BCUT2D eigenvalue weighted by molar-refractivity contribution is 7.99. The summed E-state index contributed by atoms with van der Waals surface area (Å²) in [6.45, 7) is 3.92. The van der Waals surface area contributed by atoms with E-state index in [4.69, 9.17) is 5.11 Å². The van der Waals surface area contributed by atoms with Gasteiger partial charge in [0.1, 0.15) is 5.03 Å². The summed E-state index contributed by atoms with van der Waals surface area (Å²) in [6.07, 6.45) is 0. The molecule has 0 unspecified atom stereocenters. The van der Waals surface area contributed by atoms with Gasteiger partial charge in [-0.15, -0.1) is 11.8 Å². The first-order chi connectivity index (χ1) is 9.20. The van der Waals surface area contributed by atoms with Crippen molar-refractivity contribution in [3.63, 3.8) is 0 Å². The van der Waals surface area contributed by atoms with Gasteiger partial charge in [0, 0.05) is 11.5 Å². The van der Waals surface area contributed by atoms with Gasteiger partial charge in [-0.2, -0.15) is 5.10 Å². The van der Waals surface area contributed by atoms with Gasteiger partial charge in [0.25, 0.3) is 0 Å². The average molecular weight is 276 g/mol. The normalized spacial score (nSPS) is 10.5. The molecule has 19 heavy (non-hydrogen) atoms. The molecule has 1 aromatic heterocycles. The fourth-order valence-electron chi connectivity index (χ4n) is 1.46. The molecule has 1 heterocycles. The molecule has 0 amide bonds. The standard InChI is InChI=1S/C13H16N4OS/c1-9(2)16-17-12-13(19-8-7-18)15-11-6-4-3-5-10(11)14-12/h3-6,18H,7-8H2,1-2H3,(H,14,17). The Morgan fingerprint density at radius 3 is 2.58 bits per heavy atom. The third-order valence-corrected chi connectivity index (χ3v) is 3.20. The Kier molecular flexibility index (Phi) is 4.70. The molecule has 2 aromatic rings. The number of hydrazone groups is 1. The van der Waals surface area contributed by atoms with Gasteiger partial charge in [-0.1, -0.05) is 12.1 Å². The highest BCUT2D eigenvalue weighted by atomic mass is 32.2. The smallest absolute Gasteiger partial charge is 0.179 e. The van der Waals surface area contributed by atoms with Crippen molar-refractivity contribution in [2.24, 2.45) is 5.10 Å². The average Bonchev–Trinajstić information content (AvgIpc) is 2.42. The molecule has 0 saturated heterocycles. The van der Waals surface area contributed by atoms with Crippen LogP contribution in [0.2, 0.25) is 0 Å². The van der Waals surface area contributed by atoms with Crippen molar-refractivity contribution >= 4 is 34.3 Å². The van der Waals surface area contributed by atoms with Crippen molar-refractivity contribution < 1.29 is 5.11 Å². The van der Waals surface area contributed by atoms with E-state index in [1.165, 1.54) is 11.8 Å². The number of nitrogens with zero attached hydrogens (tertiary/aromatic N) is 3. The minimum absolute atomic E-state index is 0.106. The van der Waals surface area contributed by atoms with Crippen LogP contribution in [-0.4, -0.2) is 33.1 Å². The number of benzene rings is 1. The summed E-state index contributed by atoms with van der Waals surface area (Å²) in [7, 11) is 0. The van der Waals surface area contributed by atoms with E-state index in [-0.39, 0.29) is 6.61 Å². The minimum atomic E-state index is 0.106. The van der Waals surface area contributed by atoms with Crippen molar-refractivity contribution in [3.05, 3.63) is 24.3 Å². The van der Waals surface area contributed by atoms with Crippen LogP contribution in [0.5, 0.6) is 0 Å². The SMILES string of the molecule is CC(C)=NNc1nc2ccccc2nc1SCCO. The number of aromatic nitrogens is 2. The zero-order valence-electron chi connectivity index (χ0n) is 10.9. The molecule has 0 aliphatic rings. The molecule has 100 valence electrons. The lowest BCUT2D eigenvalue weighted by atomic mass is 10.3. The van der Waals surface area contributed by atoms with E-state index in [1.54, 1.807) is 0 Å². The van der Waals surface area contributed by atoms with Crippen molar-refractivity contribution in [2.75, 3.05) is 17.8 Å². The Labute approximate surface area is 116 Å². The lowest BCUT2D eigenvalue weighted by molar-refractivity contribution is 0.322. The number of thioether (sulfide) groups is 1. The van der Waals surface area contributed by atoms with Crippen molar-refractivity contribution in [2.45, 2.75) is 18.9 Å². The minimum Gasteiger partial charge on any atom is -0.396 e. The van der Waals surface area contributed by atoms with Gasteiger partial charge < -0.3 is 5.11 Å². The summed E-state index contributed by atoms with van der Waals surface area (Å²) in [5, 5.41) is 13.8. The lowest BCUT2D eigenvalue weighted by Crippen LogP contribution is -2.01. The number of anilines is 1. The number of rotatable bonds is 5. The second-order valence-electron chi connectivity index (χ2n) is 4.11. The number of aliphatic hydroxyl groups excluding tert-OH is 1. The van der Waals surface area contributed by atoms with Gasteiger partial charge in [0.15, 0.2) is 5.82 Å². The molecule has 0 atom stereocenters. The Morgan fingerprint density at radius 1 is 1.26 bits per heavy atom. The quantitative estimate of drug-likeness (QED) is 0.499. The first-order valence-corrected chi connectivity index (χ1v) is 6.96. The Morgan fingerprint density at radius 2 is 1.95 bits per heavy atom. The van der Waals surface area contributed by atoms with E-state index in [2.05, 4.69) is 20.5 Å². The van der Waals surface area contributed by atoms with E-state index in [9.17, 15) is 0 Å². The number of nitrogens with one attached hydrogen (secondary N) is 1.